The van der Waals surface area contributed by atoms with Gasteiger partial charge in [0.2, 0.25) is 0 Å². The third kappa shape index (κ3) is 18.5. The van der Waals surface area contributed by atoms with Gasteiger partial charge in [0, 0.05) is 146 Å². The lowest BCUT2D eigenvalue weighted by Crippen LogP contribution is -2.20. The van der Waals surface area contributed by atoms with Crippen LogP contribution in [0.5, 0.6) is 0 Å². The van der Waals surface area contributed by atoms with Crippen molar-refractivity contribution in [3.8, 4) is 31.7 Å². The van der Waals surface area contributed by atoms with Crippen molar-refractivity contribution < 1.29 is 52.8 Å². The summed E-state index contributed by atoms with van der Waals surface area (Å²) in [7, 11) is 0. The van der Waals surface area contributed by atoms with Crippen LogP contribution in [0, 0.1) is 0 Å². The Labute approximate surface area is 571 Å². The third-order valence-electron chi connectivity index (χ3n) is 16.9. The molecule has 4 bridgehead atoms. The van der Waals surface area contributed by atoms with Crippen LogP contribution in [-0.4, -0.2) is 146 Å². The van der Waals surface area contributed by atoms with Crippen molar-refractivity contribution in [2.75, 3.05) is 63.0 Å². The highest BCUT2D eigenvalue weighted by Gasteiger charge is 2.27. The molecule has 9 aromatic rings. The van der Waals surface area contributed by atoms with Gasteiger partial charge in [0.15, 0.2) is 45.8 Å². The molecule has 1 amide bonds. The molecule has 0 aromatic carbocycles. The number of nitrogens with zero attached hydrogens (tertiary/aromatic N) is 12. The number of rotatable bonds is 20. The van der Waals surface area contributed by atoms with E-state index in [4.69, 9.17) is 35.5 Å². The summed E-state index contributed by atoms with van der Waals surface area (Å²) in [5.41, 5.74) is 20.6. The van der Waals surface area contributed by atoms with Gasteiger partial charge >= 0.3 is 11.9 Å². The number of carboxylic acids is 1. The van der Waals surface area contributed by atoms with Crippen molar-refractivity contribution in [3.05, 3.63) is 141 Å². The summed E-state index contributed by atoms with van der Waals surface area (Å²) in [5, 5.41) is 32.6. The van der Waals surface area contributed by atoms with E-state index in [2.05, 4.69) is 50.5 Å². The fraction of sp³-hybridized carbons (Fsp3) is 0.426. The lowest BCUT2D eigenvalue weighted by Gasteiger charge is -2.22. The van der Waals surface area contributed by atoms with Gasteiger partial charge in [-0.2, -0.15) is 15.3 Å². The van der Waals surface area contributed by atoms with Crippen molar-refractivity contribution in [1.82, 2.24) is 59.2 Å². The topological polar surface area (TPSA) is 354 Å². The number of Topliss-reactive ketones (excluding diaryl/α,β-unsaturated/α-hetero) is 3. The maximum Gasteiger partial charge on any atom is 0.357 e. The van der Waals surface area contributed by atoms with E-state index in [1.807, 2.05) is 50.4 Å². The minimum absolute atomic E-state index is 0.0284. The highest BCUT2D eigenvalue weighted by atomic mass is 32.1. The van der Waals surface area contributed by atoms with E-state index in [9.17, 15) is 28.8 Å². The van der Waals surface area contributed by atoms with Gasteiger partial charge in [-0.3, -0.25) is 48.2 Å². The number of unbranched alkanes of at least 4 members (excludes halogenated alkanes) is 2. The zero-order chi connectivity index (χ0) is 67.6. The number of ketones is 3. The van der Waals surface area contributed by atoms with Crippen molar-refractivity contribution in [2.24, 2.45) is 0 Å². The van der Waals surface area contributed by atoms with E-state index in [0.717, 1.165) is 127 Å². The van der Waals surface area contributed by atoms with Gasteiger partial charge in [-0.1, -0.05) is 0 Å². The standard InChI is InChI=1S/C24H29N5O4S.C22H25N5O4S.C22H23N5O3S/c1-2-33-24(31)20-15-34-23(27-20)16-7-10-26-17(13-16)5-3-4-6-21(30)22-19(25)14-29(28-22)18-8-11-32-12-9-18;23-17-12-27(16-6-9-31-10-7-16)26-20(17)19(28)4-2-1-3-15-11-14(5-8-24-15)21-25-18(13-32-21)22(29)30;28-19-4-2-1-3-15-11-14(5-8-23-15)22-25-18(13-31-22)21(29)24-17-12-27(26-20(17)19)16-6-9-30-10-7-16/h7,10,13-15,18H,2-6,8-9,11-12,25H2,1H3;5,8,11-13,16H,1-4,6-7,9-10,23H2,(H,29,30);5,8,11-13,16H,1-4,6-7,9-10H2,(H,24,29). The van der Waals surface area contributed by atoms with Crippen LogP contribution in [0.15, 0.2) is 89.7 Å². The number of nitrogens with two attached hydrogens (primary N) is 2. The van der Waals surface area contributed by atoms with Crippen LogP contribution < -0.4 is 16.8 Å². The number of thiazole rings is 3. The molecular formula is C68H77N15O11S3. The smallest absolute Gasteiger partial charge is 0.357 e. The maximum absolute atomic E-state index is 13.0. The van der Waals surface area contributed by atoms with Crippen LogP contribution in [0.25, 0.3) is 31.7 Å². The fourth-order valence-corrected chi connectivity index (χ4v) is 14.0. The molecule has 0 unspecified atom stereocenters. The normalized spacial score (nSPS) is 15.6. The molecule has 0 saturated carbocycles. The van der Waals surface area contributed by atoms with Gasteiger partial charge in [0.05, 0.1) is 41.8 Å². The molecule has 0 spiro atoms. The fourth-order valence-electron chi connectivity index (χ4n) is 11.6. The molecule has 4 aliphatic rings. The van der Waals surface area contributed by atoms with Gasteiger partial charge < -0.3 is 40.8 Å². The number of esters is 1. The third-order valence-corrected chi connectivity index (χ3v) is 19.6. The molecule has 29 heteroatoms. The number of nitrogens with one attached hydrogen (secondary N) is 1. The van der Waals surface area contributed by atoms with Crippen LogP contribution in [0.3, 0.4) is 0 Å². The van der Waals surface area contributed by atoms with Crippen molar-refractivity contribution in [3.63, 3.8) is 0 Å². The number of ether oxygens (including phenoxy) is 4. The molecule has 508 valence electrons. The molecule has 0 radical (unpaired) electrons. The number of pyridine rings is 3. The quantitative estimate of drug-likeness (QED) is 0.0313. The summed E-state index contributed by atoms with van der Waals surface area (Å²) in [5.74, 6) is -1.92. The second-order valence-corrected chi connectivity index (χ2v) is 26.4. The van der Waals surface area contributed by atoms with Crippen LogP contribution in [-0.2, 0) is 38.2 Å². The number of aromatic nitrogens is 12. The molecule has 26 nitrogen and oxygen atoms in total. The second kappa shape index (κ2) is 33.7. The molecule has 13 heterocycles. The number of carboxylic acid groups (broad SMARTS) is 1. The van der Waals surface area contributed by atoms with Crippen LogP contribution in [0.2, 0.25) is 0 Å². The highest BCUT2D eigenvalue weighted by molar-refractivity contribution is 7.14. The largest absolute Gasteiger partial charge is 0.476 e. The Morgan fingerprint density at radius 2 is 1.07 bits per heavy atom. The Bertz CT molecular complexity index is 4190. The van der Waals surface area contributed by atoms with Gasteiger partial charge in [-0.15, -0.1) is 34.0 Å². The van der Waals surface area contributed by atoms with E-state index < -0.39 is 11.9 Å². The predicted molar refractivity (Wildman–Crippen MR) is 365 cm³/mol. The Morgan fingerprint density at radius 1 is 0.598 bits per heavy atom. The first-order chi connectivity index (χ1) is 47.2. The molecule has 0 aliphatic carbocycles. The van der Waals surface area contributed by atoms with Gasteiger partial charge in [-0.25, -0.2) is 24.5 Å². The number of carbonyl (C=O) groups is 6. The van der Waals surface area contributed by atoms with E-state index in [1.54, 1.807) is 54.9 Å². The van der Waals surface area contributed by atoms with E-state index in [1.165, 1.54) is 39.4 Å². The molecule has 97 heavy (non-hydrogen) atoms. The van der Waals surface area contributed by atoms with Crippen LogP contribution in [0.1, 0.15) is 201 Å². The van der Waals surface area contributed by atoms with Crippen molar-refractivity contribution >= 4 is 86.3 Å². The van der Waals surface area contributed by atoms with Crippen LogP contribution >= 0.6 is 34.0 Å². The van der Waals surface area contributed by atoms with Crippen molar-refractivity contribution in [1.29, 1.82) is 0 Å². The van der Waals surface area contributed by atoms with E-state index >= 15 is 0 Å². The summed E-state index contributed by atoms with van der Waals surface area (Å²) < 4.78 is 26.7. The number of fused-ring (bicyclic) bond motifs is 6. The Balaban J connectivity index is 0.000000148. The Hall–Kier alpha value is -9.13. The number of carbonyl (C=O) groups excluding carboxylic acids is 5. The minimum atomic E-state index is -1.04. The molecule has 3 fully saturated rings. The molecule has 6 N–H and O–H groups in total. The van der Waals surface area contributed by atoms with Gasteiger partial charge in [0.1, 0.15) is 20.7 Å². The number of anilines is 3. The molecule has 0 atom stereocenters. The monoisotopic (exact) mass is 1380 g/mol. The number of hydrogen-bond donors (Lipinski definition) is 4. The average Bonchev–Trinajstić information content (AvgIpc) is 1.75. The minimum Gasteiger partial charge on any atom is -0.476 e. The lowest BCUT2D eigenvalue weighted by molar-refractivity contribution is 0.0519. The Morgan fingerprint density at radius 3 is 1.60 bits per heavy atom. The predicted octanol–water partition coefficient (Wildman–Crippen LogP) is 11.7. The first-order valence-electron chi connectivity index (χ1n) is 32.8. The van der Waals surface area contributed by atoms with E-state index in [-0.39, 0.29) is 47.1 Å². The summed E-state index contributed by atoms with van der Waals surface area (Å²) in [6.07, 6.45) is 23.7. The first-order valence-corrected chi connectivity index (χ1v) is 35.4. The number of amides is 1. The Kier molecular flexibility index (Phi) is 24.1. The van der Waals surface area contributed by atoms with E-state index in [0.29, 0.717) is 129 Å². The zero-order valence-electron chi connectivity index (χ0n) is 53.8. The number of aryl methyl sites for hydroxylation is 3. The van der Waals surface area contributed by atoms with Gasteiger partial charge in [-0.05, 0) is 140 Å². The molecular weight excluding hydrogens is 1300 g/mol. The molecule has 13 rings (SSSR count). The maximum atomic E-state index is 13.0. The molecule has 4 aliphatic heterocycles. The first kappa shape index (κ1) is 69.2. The highest BCUT2D eigenvalue weighted by Crippen LogP contribution is 2.32. The van der Waals surface area contributed by atoms with Crippen molar-refractivity contribution in [2.45, 2.75) is 141 Å². The average molecular weight is 1380 g/mol. The van der Waals surface area contributed by atoms with Gasteiger partial charge in [0.25, 0.3) is 5.91 Å². The molecule has 3 saturated heterocycles. The number of nitrogen functional groups attached to an aromatic ring is 2. The van der Waals surface area contributed by atoms with Crippen LogP contribution in [0.4, 0.5) is 17.1 Å². The summed E-state index contributed by atoms with van der Waals surface area (Å²) in [6.45, 7) is 6.24. The summed E-state index contributed by atoms with van der Waals surface area (Å²) >= 11 is 4.11. The zero-order valence-corrected chi connectivity index (χ0v) is 56.3. The molecule has 9 aromatic heterocycles. The number of aromatic carboxylic acids is 1. The SMILES string of the molecule is CCOC(=O)c1csc(-c2ccnc(CCCCC(=O)c3nn(C4CCOCC4)cc3N)c2)n1.Nc1cn(C2CCOCC2)nc1C(=O)CCCCc1cc(-c2nc(C(=O)O)cs2)ccn1.O=C1Nc2cn(C3CCOCC3)nc2C(=O)CCCCc2cc(ccn2)-c2nc1cs2. The summed E-state index contributed by atoms with van der Waals surface area (Å²) in [6, 6.07) is 12.1. The summed E-state index contributed by atoms with van der Waals surface area (Å²) in [4.78, 5) is 100. The number of hydrogen-bond acceptors (Lipinski definition) is 24. The lowest BCUT2D eigenvalue weighted by atomic mass is 10.1. The second-order valence-electron chi connectivity index (χ2n) is 23.8.